The lowest BCUT2D eigenvalue weighted by Gasteiger charge is -2.25. The quantitative estimate of drug-likeness (QED) is 0.487. The Hall–Kier alpha value is 0.0400. The molecule has 1 nitrogen and oxygen atoms in total. The molecule has 0 aromatic rings. The Bertz CT molecular complexity index is 111. The topological polar surface area (TPSA) is 3.24 Å². The summed E-state index contributed by atoms with van der Waals surface area (Å²) in [4.78, 5) is 1.14. The maximum atomic E-state index is 11.9. The second kappa shape index (κ2) is 4.16. The SMILES string of the molecule is CCN(CC)C(Cl)C(F)(F)F. The molecule has 0 spiro atoms. The molecule has 0 bridgehead atoms. The predicted molar refractivity (Wildman–Crippen MR) is 38.6 cm³/mol. The molecule has 0 aliphatic rings. The van der Waals surface area contributed by atoms with Gasteiger partial charge in [-0.1, -0.05) is 25.4 Å². The van der Waals surface area contributed by atoms with Crippen molar-refractivity contribution < 1.29 is 13.2 Å². The number of halogens is 4. The molecule has 0 saturated heterocycles. The second-order valence-corrected chi connectivity index (χ2v) is 2.51. The number of rotatable bonds is 3. The van der Waals surface area contributed by atoms with E-state index in [1.807, 2.05) is 0 Å². The van der Waals surface area contributed by atoms with Gasteiger partial charge in [0.15, 0.2) is 5.50 Å². The fraction of sp³-hybridized carbons (Fsp3) is 1.00. The molecular formula is C6H11ClF3N. The third-order valence-electron chi connectivity index (χ3n) is 1.40. The zero-order chi connectivity index (χ0) is 9.07. The number of hydrogen-bond acceptors (Lipinski definition) is 1. The second-order valence-electron chi connectivity index (χ2n) is 2.10. The van der Waals surface area contributed by atoms with E-state index in [1.165, 1.54) is 0 Å². The van der Waals surface area contributed by atoms with E-state index in [-0.39, 0.29) is 0 Å². The average molecular weight is 190 g/mol. The standard InChI is InChI=1S/C6H11ClF3N/c1-3-11(4-2)5(7)6(8,9)10/h5H,3-4H2,1-2H3. The van der Waals surface area contributed by atoms with Gasteiger partial charge in [-0.2, -0.15) is 13.2 Å². The molecule has 0 aliphatic heterocycles. The van der Waals surface area contributed by atoms with Crippen LogP contribution in [0.25, 0.3) is 0 Å². The summed E-state index contributed by atoms with van der Waals surface area (Å²) in [5, 5.41) is 0. The minimum Gasteiger partial charge on any atom is -0.280 e. The summed E-state index contributed by atoms with van der Waals surface area (Å²) in [7, 11) is 0. The highest BCUT2D eigenvalue weighted by Crippen LogP contribution is 2.27. The molecule has 0 radical (unpaired) electrons. The lowest BCUT2D eigenvalue weighted by molar-refractivity contribution is -0.159. The van der Waals surface area contributed by atoms with Crippen molar-refractivity contribution in [2.24, 2.45) is 0 Å². The highest BCUT2D eigenvalue weighted by molar-refractivity contribution is 6.20. The molecule has 0 aliphatic carbocycles. The maximum Gasteiger partial charge on any atom is 0.418 e. The van der Waals surface area contributed by atoms with Gasteiger partial charge < -0.3 is 0 Å². The van der Waals surface area contributed by atoms with Crippen molar-refractivity contribution in [1.82, 2.24) is 4.90 Å². The first-order valence-corrected chi connectivity index (χ1v) is 3.82. The summed E-state index contributed by atoms with van der Waals surface area (Å²) in [5.74, 6) is 0. The van der Waals surface area contributed by atoms with Gasteiger partial charge >= 0.3 is 6.18 Å². The molecule has 0 aromatic carbocycles. The van der Waals surface area contributed by atoms with Crippen LogP contribution in [-0.4, -0.2) is 29.7 Å². The summed E-state index contributed by atoms with van der Waals surface area (Å²) in [6.07, 6.45) is -4.33. The van der Waals surface area contributed by atoms with Gasteiger partial charge in [0.2, 0.25) is 0 Å². The van der Waals surface area contributed by atoms with Crippen LogP contribution in [0.15, 0.2) is 0 Å². The molecule has 5 heteroatoms. The summed E-state index contributed by atoms with van der Waals surface area (Å²) in [6, 6.07) is 0. The molecule has 11 heavy (non-hydrogen) atoms. The van der Waals surface area contributed by atoms with Gasteiger partial charge in [0.25, 0.3) is 0 Å². The van der Waals surface area contributed by atoms with Crippen LogP contribution in [-0.2, 0) is 0 Å². The third kappa shape index (κ3) is 3.29. The molecule has 1 atom stereocenters. The van der Waals surface area contributed by atoms with Crippen LogP contribution in [0.2, 0.25) is 0 Å². The van der Waals surface area contributed by atoms with Gasteiger partial charge in [0, 0.05) is 0 Å². The van der Waals surface area contributed by atoms with Crippen LogP contribution in [0.4, 0.5) is 13.2 Å². The van der Waals surface area contributed by atoms with E-state index in [9.17, 15) is 13.2 Å². The molecule has 0 N–H and O–H groups in total. The molecule has 0 rings (SSSR count). The molecule has 0 fully saturated rings. The zero-order valence-corrected chi connectivity index (χ0v) is 7.21. The van der Waals surface area contributed by atoms with E-state index in [4.69, 9.17) is 11.6 Å². The van der Waals surface area contributed by atoms with Crippen molar-refractivity contribution in [3.8, 4) is 0 Å². The lowest BCUT2D eigenvalue weighted by Crippen LogP contribution is -2.41. The summed E-state index contributed by atoms with van der Waals surface area (Å²) in [6.45, 7) is 3.91. The van der Waals surface area contributed by atoms with E-state index < -0.39 is 11.7 Å². The Labute approximate surface area is 69.1 Å². The average Bonchev–Trinajstić information content (AvgIpc) is 1.88. The van der Waals surface area contributed by atoms with Gasteiger partial charge in [0.05, 0.1) is 0 Å². The van der Waals surface area contributed by atoms with Crippen LogP contribution < -0.4 is 0 Å². The Morgan fingerprint density at radius 2 is 1.64 bits per heavy atom. The molecule has 68 valence electrons. The largest absolute Gasteiger partial charge is 0.418 e. The number of nitrogens with zero attached hydrogens (tertiary/aromatic N) is 1. The van der Waals surface area contributed by atoms with Gasteiger partial charge in [-0.05, 0) is 13.1 Å². The maximum absolute atomic E-state index is 11.9. The van der Waals surface area contributed by atoms with E-state index in [0.29, 0.717) is 13.1 Å². The molecular weight excluding hydrogens is 179 g/mol. The van der Waals surface area contributed by atoms with Gasteiger partial charge in [-0.15, -0.1) is 0 Å². The first-order chi connectivity index (χ1) is 4.93. The summed E-state index contributed by atoms with van der Waals surface area (Å²) < 4.78 is 35.7. The normalized spacial score (nSPS) is 15.5. The number of alkyl halides is 4. The van der Waals surface area contributed by atoms with Gasteiger partial charge in [-0.25, -0.2) is 0 Å². The van der Waals surface area contributed by atoms with Crippen molar-refractivity contribution >= 4 is 11.6 Å². The Morgan fingerprint density at radius 1 is 1.27 bits per heavy atom. The molecule has 0 heterocycles. The molecule has 0 aromatic heterocycles. The molecule has 1 unspecified atom stereocenters. The highest BCUT2D eigenvalue weighted by atomic mass is 35.5. The van der Waals surface area contributed by atoms with Crippen LogP contribution in [0, 0.1) is 0 Å². The van der Waals surface area contributed by atoms with Crippen LogP contribution in [0.1, 0.15) is 13.8 Å². The Kier molecular flexibility index (Phi) is 4.18. The minimum atomic E-state index is -4.33. The first kappa shape index (κ1) is 11.0. The Morgan fingerprint density at radius 3 is 1.73 bits per heavy atom. The minimum absolute atomic E-state index is 0.310. The van der Waals surface area contributed by atoms with Crippen molar-refractivity contribution in [3.63, 3.8) is 0 Å². The van der Waals surface area contributed by atoms with Crippen molar-refractivity contribution in [1.29, 1.82) is 0 Å². The fourth-order valence-electron chi connectivity index (χ4n) is 0.751. The zero-order valence-electron chi connectivity index (χ0n) is 6.45. The van der Waals surface area contributed by atoms with Crippen LogP contribution >= 0.6 is 11.6 Å². The lowest BCUT2D eigenvalue weighted by atomic mass is 10.4. The van der Waals surface area contributed by atoms with Crippen molar-refractivity contribution in [2.75, 3.05) is 13.1 Å². The third-order valence-corrected chi connectivity index (χ3v) is 1.93. The monoisotopic (exact) mass is 189 g/mol. The Balaban J connectivity index is 4.09. The van der Waals surface area contributed by atoms with Crippen molar-refractivity contribution in [2.45, 2.75) is 25.5 Å². The van der Waals surface area contributed by atoms with Crippen LogP contribution in [0.5, 0.6) is 0 Å². The first-order valence-electron chi connectivity index (χ1n) is 3.38. The summed E-state index contributed by atoms with van der Waals surface area (Å²) >= 11 is 5.12. The molecule has 0 amide bonds. The van der Waals surface area contributed by atoms with E-state index in [0.717, 1.165) is 4.90 Å². The number of hydrogen-bond donors (Lipinski definition) is 0. The van der Waals surface area contributed by atoms with Gasteiger partial charge in [0.1, 0.15) is 0 Å². The van der Waals surface area contributed by atoms with E-state index in [1.54, 1.807) is 13.8 Å². The van der Waals surface area contributed by atoms with Gasteiger partial charge in [-0.3, -0.25) is 4.90 Å². The summed E-state index contributed by atoms with van der Waals surface area (Å²) in [5.41, 5.74) is -1.85. The predicted octanol–water partition coefficient (Wildman–Crippen LogP) is 2.46. The highest BCUT2D eigenvalue weighted by Gasteiger charge is 2.41. The van der Waals surface area contributed by atoms with E-state index >= 15 is 0 Å². The van der Waals surface area contributed by atoms with Crippen LogP contribution in [0.3, 0.4) is 0 Å². The smallest absolute Gasteiger partial charge is 0.280 e. The molecule has 0 saturated carbocycles. The van der Waals surface area contributed by atoms with E-state index in [2.05, 4.69) is 0 Å². The van der Waals surface area contributed by atoms with Crippen molar-refractivity contribution in [3.05, 3.63) is 0 Å². The fourth-order valence-corrected chi connectivity index (χ4v) is 1.03.